The van der Waals surface area contributed by atoms with Gasteiger partial charge in [0.2, 0.25) is 5.91 Å². The molecule has 0 saturated carbocycles. The van der Waals surface area contributed by atoms with Gasteiger partial charge in [-0.3, -0.25) is 9.63 Å². The summed E-state index contributed by atoms with van der Waals surface area (Å²) in [6, 6.07) is 8.96. The van der Waals surface area contributed by atoms with E-state index in [1.807, 2.05) is 19.1 Å². The summed E-state index contributed by atoms with van der Waals surface area (Å²) in [6.45, 7) is 9.00. The number of hydrogen-bond donors (Lipinski definition) is 1. The molecule has 34 heavy (non-hydrogen) atoms. The zero-order chi connectivity index (χ0) is 23.9. The number of amides is 1. The summed E-state index contributed by atoms with van der Waals surface area (Å²) in [4.78, 5) is 23.8. The van der Waals surface area contributed by atoms with E-state index < -0.39 is 0 Å². The number of carbonyl (C=O) groups is 1. The number of aromatic nitrogens is 2. The Kier molecular flexibility index (Phi) is 8.21. The number of nitrogens with one attached hydrogen (secondary N) is 1. The standard InChI is InChI=1S/C26H36N4O4/c1-4-33-29-25(31)22-7-5-20(6-8-22)21-9-11-23(12-10-21)32-17-19-13-15-30(16-14-19)26-27-24(18(2)3)28-34-26/h5,9-12,18-19,22H,4,6-8,13-17H2,1-3H3,(H,29,31). The molecule has 0 spiro atoms. The van der Waals surface area contributed by atoms with E-state index in [0.717, 1.165) is 56.8 Å². The Morgan fingerprint density at radius 1 is 1.21 bits per heavy atom. The molecule has 1 saturated heterocycles. The predicted molar refractivity (Wildman–Crippen MR) is 130 cm³/mol. The number of rotatable bonds is 9. The van der Waals surface area contributed by atoms with Crippen molar-refractivity contribution in [3.63, 3.8) is 0 Å². The SMILES string of the molecule is CCONC(=O)C1CC=C(c2ccc(OCC3CCN(c4nc(C(C)C)no4)CC3)cc2)CC1. The molecule has 1 aliphatic heterocycles. The average Bonchev–Trinajstić information content (AvgIpc) is 3.38. The van der Waals surface area contributed by atoms with Crippen molar-refractivity contribution in [2.24, 2.45) is 11.8 Å². The smallest absolute Gasteiger partial charge is 0.324 e. The molecule has 4 rings (SSSR count). The van der Waals surface area contributed by atoms with Crippen LogP contribution in [0.3, 0.4) is 0 Å². The van der Waals surface area contributed by atoms with Gasteiger partial charge in [0.05, 0.1) is 13.2 Å². The molecule has 0 bridgehead atoms. The summed E-state index contributed by atoms with van der Waals surface area (Å²) in [6.07, 6.45) is 6.74. The Morgan fingerprint density at radius 3 is 2.59 bits per heavy atom. The molecule has 1 aliphatic carbocycles. The van der Waals surface area contributed by atoms with Crippen molar-refractivity contribution in [3.05, 3.63) is 41.7 Å². The first-order valence-electron chi connectivity index (χ1n) is 12.5. The van der Waals surface area contributed by atoms with Gasteiger partial charge in [-0.15, -0.1) is 0 Å². The third kappa shape index (κ3) is 6.17. The van der Waals surface area contributed by atoms with Crippen molar-refractivity contribution < 1.29 is 18.9 Å². The third-order valence-corrected chi connectivity index (χ3v) is 6.64. The van der Waals surface area contributed by atoms with E-state index in [4.69, 9.17) is 14.1 Å². The van der Waals surface area contributed by atoms with Crippen molar-refractivity contribution in [1.82, 2.24) is 15.6 Å². The minimum Gasteiger partial charge on any atom is -0.493 e. The van der Waals surface area contributed by atoms with Gasteiger partial charge in [-0.05, 0) is 68.2 Å². The van der Waals surface area contributed by atoms with Crippen LogP contribution in [-0.2, 0) is 9.63 Å². The number of carbonyl (C=O) groups excluding carboxylic acids is 1. The molecule has 2 heterocycles. The monoisotopic (exact) mass is 468 g/mol. The van der Waals surface area contributed by atoms with Crippen LogP contribution in [0.2, 0.25) is 0 Å². The Balaban J connectivity index is 1.21. The number of anilines is 1. The minimum absolute atomic E-state index is 0.0126. The van der Waals surface area contributed by atoms with Crippen LogP contribution in [-0.4, -0.2) is 42.4 Å². The number of allylic oxidation sites excluding steroid dienone is 2. The van der Waals surface area contributed by atoms with E-state index in [0.29, 0.717) is 25.1 Å². The van der Waals surface area contributed by atoms with Gasteiger partial charge in [-0.2, -0.15) is 4.98 Å². The molecule has 8 nitrogen and oxygen atoms in total. The third-order valence-electron chi connectivity index (χ3n) is 6.64. The highest BCUT2D eigenvalue weighted by Crippen LogP contribution is 2.31. The van der Waals surface area contributed by atoms with Crippen LogP contribution in [0.5, 0.6) is 5.75 Å². The van der Waals surface area contributed by atoms with Gasteiger partial charge >= 0.3 is 6.01 Å². The van der Waals surface area contributed by atoms with Gasteiger partial charge in [0.15, 0.2) is 5.82 Å². The van der Waals surface area contributed by atoms with E-state index in [2.05, 4.69) is 52.6 Å². The summed E-state index contributed by atoms with van der Waals surface area (Å²) in [5.74, 6) is 2.41. The maximum absolute atomic E-state index is 12.1. The first-order valence-corrected chi connectivity index (χ1v) is 12.5. The Labute approximate surface area is 201 Å². The fourth-order valence-electron chi connectivity index (χ4n) is 4.42. The van der Waals surface area contributed by atoms with Gasteiger partial charge in [-0.25, -0.2) is 5.48 Å². The number of hydrogen-bond acceptors (Lipinski definition) is 7. The van der Waals surface area contributed by atoms with E-state index in [9.17, 15) is 4.79 Å². The summed E-state index contributed by atoms with van der Waals surface area (Å²) in [5, 5.41) is 4.07. The second-order valence-electron chi connectivity index (χ2n) is 9.46. The number of ether oxygens (including phenoxy) is 1. The van der Waals surface area contributed by atoms with Gasteiger partial charge in [0.25, 0.3) is 0 Å². The largest absolute Gasteiger partial charge is 0.493 e. The van der Waals surface area contributed by atoms with Crippen molar-refractivity contribution in [2.75, 3.05) is 31.2 Å². The summed E-state index contributed by atoms with van der Waals surface area (Å²) >= 11 is 0. The highest BCUT2D eigenvalue weighted by Gasteiger charge is 2.24. The minimum atomic E-state index is -0.0240. The van der Waals surface area contributed by atoms with Gasteiger partial charge in [0.1, 0.15) is 5.75 Å². The Hall–Kier alpha value is -2.87. The van der Waals surface area contributed by atoms with Crippen LogP contribution in [0, 0.1) is 11.8 Å². The highest BCUT2D eigenvalue weighted by molar-refractivity contribution is 5.79. The van der Waals surface area contributed by atoms with Crippen LogP contribution < -0.4 is 15.1 Å². The second kappa shape index (κ2) is 11.5. The zero-order valence-electron chi connectivity index (χ0n) is 20.5. The molecule has 1 unspecified atom stereocenters. The van der Waals surface area contributed by atoms with Crippen LogP contribution >= 0.6 is 0 Å². The Bertz CT molecular complexity index is 961. The first kappa shape index (κ1) is 24.3. The number of piperidine rings is 1. The van der Waals surface area contributed by atoms with Gasteiger partial charge in [-0.1, -0.05) is 37.2 Å². The van der Waals surface area contributed by atoms with E-state index in [1.54, 1.807) is 0 Å². The molecule has 8 heteroatoms. The van der Waals surface area contributed by atoms with E-state index >= 15 is 0 Å². The van der Waals surface area contributed by atoms with E-state index in [1.165, 1.54) is 11.1 Å². The van der Waals surface area contributed by atoms with Crippen molar-refractivity contribution in [2.45, 2.75) is 58.8 Å². The predicted octanol–water partition coefficient (Wildman–Crippen LogP) is 4.74. The van der Waals surface area contributed by atoms with Gasteiger partial charge in [0, 0.05) is 24.9 Å². The zero-order valence-corrected chi connectivity index (χ0v) is 20.5. The molecule has 2 aliphatic rings. The Morgan fingerprint density at radius 2 is 1.97 bits per heavy atom. The lowest BCUT2D eigenvalue weighted by Gasteiger charge is -2.30. The summed E-state index contributed by atoms with van der Waals surface area (Å²) < 4.78 is 11.5. The fourth-order valence-corrected chi connectivity index (χ4v) is 4.42. The lowest BCUT2D eigenvalue weighted by molar-refractivity contribution is -0.137. The number of hydroxylamine groups is 1. The lowest BCUT2D eigenvalue weighted by Crippen LogP contribution is -2.35. The van der Waals surface area contributed by atoms with E-state index in [-0.39, 0.29) is 17.7 Å². The molecule has 184 valence electrons. The highest BCUT2D eigenvalue weighted by atomic mass is 16.6. The quantitative estimate of drug-likeness (QED) is 0.532. The molecule has 1 N–H and O–H groups in total. The molecular weight excluding hydrogens is 432 g/mol. The van der Waals surface area contributed by atoms with Crippen LogP contribution in [0.25, 0.3) is 5.57 Å². The van der Waals surface area contributed by atoms with Crippen molar-refractivity contribution in [3.8, 4) is 5.75 Å². The molecule has 1 aromatic carbocycles. The lowest BCUT2D eigenvalue weighted by atomic mass is 9.86. The van der Waals surface area contributed by atoms with Crippen molar-refractivity contribution >= 4 is 17.5 Å². The van der Waals surface area contributed by atoms with Crippen LogP contribution in [0.4, 0.5) is 6.01 Å². The maximum Gasteiger partial charge on any atom is 0.324 e. The van der Waals surface area contributed by atoms with Gasteiger partial charge < -0.3 is 14.2 Å². The summed E-state index contributed by atoms with van der Waals surface area (Å²) in [7, 11) is 0. The molecule has 2 aromatic rings. The molecular formula is C26H36N4O4. The number of nitrogens with zero attached hydrogens (tertiary/aromatic N) is 3. The van der Waals surface area contributed by atoms with Crippen LogP contribution in [0.15, 0.2) is 34.9 Å². The molecule has 1 fully saturated rings. The molecule has 0 radical (unpaired) electrons. The second-order valence-corrected chi connectivity index (χ2v) is 9.46. The van der Waals surface area contributed by atoms with Crippen molar-refractivity contribution in [1.29, 1.82) is 0 Å². The van der Waals surface area contributed by atoms with Crippen LogP contribution in [0.1, 0.15) is 70.2 Å². The summed E-state index contributed by atoms with van der Waals surface area (Å²) in [5.41, 5.74) is 5.01. The molecule has 1 amide bonds. The first-order chi connectivity index (χ1) is 16.5. The normalized spacial score (nSPS) is 19.2. The number of benzene rings is 1. The topological polar surface area (TPSA) is 89.7 Å². The fraction of sp³-hybridized carbons (Fsp3) is 0.577. The maximum atomic E-state index is 12.1. The average molecular weight is 469 g/mol. The molecule has 1 aromatic heterocycles. The molecule has 1 atom stereocenters.